The van der Waals surface area contributed by atoms with Gasteiger partial charge < -0.3 is 5.73 Å². The van der Waals surface area contributed by atoms with Gasteiger partial charge in [-0.15, -0.1) is 0 Å². The molecule has 0 saturated heterocycles. The van der Waals surface area contributed by atoms with Crippen molar-refractivity contribution >= 4 is 40.6 Å². The predicted octanol–water partition coefficient (Wildman–Crippen LogP) is 4.87. The number of benzene rings is 2. The molecule has 2 aromatic carbocycles. The van der Waals surface area contributed by atoms with Crippen LogP contribution in [0.2, 0.25) is 0 Å². The summed E-state index contributed by atoms with van der Waals surface area (Å²) in [5.74, 6) is 0.506. The molecule has 0 spiro atoms. The number of nitrogens with two attached hydrogens (primary N) is 1. The fraction of sp³-hybridized carbons (Fsp3) is 0.120. The molecule has 0 bridgehead atoms. The zero-order valence-electron chi connectivity index (χ0n) is 17.7. The molecule has 154 valence electrons. The van der Waals surface area contributed by atoms with Gasteiger partial charge in [-0.2, -0.15) is 0 Å². The lowest BCUT2D eigenvalue weighted by Crippen LogP contribution is -2.24. The third-order valence-electron chi connectivity index (χ3n) is 5.16. The second-order valence-electron chi connectivity index (χ2n) is 7.24. The highest BCUT2D eigenvalue weighted by molar-refractivity contribution is 5.84. The molecule has 6 nitrogen and oxygen atoms in total. The molecule has 0 saturated carbocycles. The molecule has 0 aliphatic rings. The Morgan fingerprint density at radius 2 is 1.77 bits per heavy atom. The van der Waals surface area contributed by atoms with E-state index in [2.05, 4.69) is 9.98 Å². The Morgan fingerprint density at radius 3 is 2.52 bits per heavy atom. The number of hydrogen-bond donors (Lipinski definition) is 1. The van der Waals surface area contributed by atoms with E-state index in [1.807, 2.05) is 69.3 Å². The maximum Gasteiger partial charge on any atom is 0.266 e. The lowest BCUT2D eigenvalue weighted by atomic mass is 10.1. The van der Waals surface area contributed by atoms with Gasteiger partial charge in [-0.1, -0.05) is 30.3 Å². The van der Waals surface area contributed by atoms with Crippen LogP contribution in [0.3, 0.4) is 0 Å². The largest absolute Gasteiger partial charge is 0.396 e. The quantitative estimate of drug-likeness (QED) is 0.385. The summed E-state index contributed by atoms with van der Waals surface area (Å²) in [4.78, 5) is 26.7. The van der Waals surface area contributed by atoms with Crippen LogP contribution in [-0.4, -0.2) is 20.7 Å². The number of aromatic nitrogens is 3. The third-order valence-corrected chi connectivity index (χ3v) is 5.16. The lowest BCUT2D eigenvalue weighted by Gasteiger charge is -2.16. The average molecular weight is 409 g/mol. The van der Waals surface area contributed by atoms with Gasteiger partial charge in [-0.05, 0) is 61.7 Å². The summed E-state index contributed by atoms with van der Waals surface area (Å²) in [7, 11) is 0. The van der Waals surface area contributed by atoms with Crippen molar-refractivity contribution in [1.82, 2.24) is 14.5 Å². The smallest absolute Gasteiger partial charge is 0.266 e. The van der Waals surface area contributed by atoms with Gasteiger partial charge in [-0.3, -0.25) is 19.3 Å². The summed E-state index contributed by atoms with van der Waals surface area (Å²) >= 11 is 0. The van der Waals surface area contributed by atoms with Crippen LogP contribution in [0.25, 0.3) is 28.7 Å². The number of pyridine rings is 1. The molecule has 2 aromatic heterocycles. The molecular formula is C25H23N5O. The summed E-state index contributed by atoms with van der Waals surface area (Å²) < 4.78 is 1.66. The highest BCUT2D eigenvalue weighted by atomic mass is 16.1. The van der Waals surface area contributed by atoms with Gasteiger partial charge in [0.05, 0.1) is 34.2 Å². The van der Waals surface area contributed by atoms with E-state index in [1.54, 1.807) is 29.2 Å². The molecule has 0 fully saturated rings. The summed E-state index contributed by atoms with van der Waals surface area (Å²) in [6, 6.07) is 13.3. The van der Waals surface area contributed by atoms with Crippen LogP contribution in [0.5, 0.6) is 0 Å². The number of aryl methyl sites for hydroxylation is 2. The highest BCUT2D eigenvalue weighted by Crippen LogP contribution is 2.27. The molecule has 0 unspecified atom stereocenters. The van der Waals surface area contributed by atoms with Crippen LogP contribution in [-0.2, 0) is 0 Å². The molecule has 31 heavy (non-hydrogen) atoms. The molecule has 0 radical (unpaired) electrons. The highest BCUT2D eigenvalue weighted by Gasteiger charge is 2.15. The molecule has 0 aliphatic heterocycles. The minimum atomic E-state index is -0.137. The monoisotopic (exact) mass is 409 g/mol. The second kappa shape index (κ2) is 8.36. The predicted molar refractivity (Wildman–Crippen MR) is 128 cm³/mol. The van der Waals surface area contributed by atoms with Gasteiger partial charge in [0, 0.05) is 12.4 Å². The standard InChI is InChI=1S/C25H23N5O/c1-4-28-20-10-6-9-18(23(20)26)11-12-22-29-21-15-27-14-13-19(21)25(31)30(22)24-16(2)7-5-8-17(24)3/h4-15H,26H2,1-3H3/b12-11+,28-4?. The second-order valence-corrected chi connectivity index (χ2v) is 7.24. The van der Waals surface area contributed by atoms with Crippen LogP contribution < -0.4 is 11.3 Å². The summed E-state index contributed by atoms with van der Waals surface area (Å²) in [6.07, 6.45) is 8.59. The van der Waals surface area contributed by atoms with E-state index in [1.165, 1.54) is 0 Å². The molecule has 0 atom stereocenters. The number of nitrogen functional groups attached to an aromatic ring is 1. The van der Waals surface area contributed by atoms with Crippen molar-refractivity contribution in [2.75, 3.05) is 5.73 Å². The van der Waals surface area contributed by atoms with E-state index >= 15 is 0 Å². The first-order chi connectivity index (χ1) is 15.0. The first-order valence-corrected chi connectivity index (χ1v) is 10.00. The van der Waals surface area contributed by atoms with E-state index in [-0.39, 0.29) is 5.56 Å². The van der Waals surface area contributed by atoms with Gasteiger partial charge in [0.25, 0.3) is 5.56 Å². The minimum Gasteiger partial charge on any atom is -0.396 e. The van der Waals surface area contributed by atoms with Crippen molar-refractivity contribution in [3.05, 3.63) is 87.7 Å². The van der Waals surface area contributed by atoms with E-state index in [0.29, 0.717) is 28.1 Å². The minimum absolute atomic E-state index is 0.137. The molecule has 2 N–H and O–H groups in total. The van der Waals surface area contributed by atoms with Gasteiger partial charge in [0.15, 0.2) is 0 Å². The lowest BCUT2D eigenvalue weighted by molar-refractivity contribution is 0.923. The number of anilines is 1. The van der Waals surface area contributed by atoms with E-state index in [0.717, 1.165) is 22.4 Å². The number of aliphatic imine (C=N–C) groups is 1. The Morgan fingerprint density at radius 1 is 1.03 bits per heavy atom. The Balaban J connectivity index is 1.97. The maximum absolute atomic E-state index is 13.5. The fourth-order valence-electron chi connectivity index (χ4n) is 3.67. The molecular weight excluding hydrogens is 386 g/mol. The van der Waals surface area contributed by atoms with Crippen molar-refractivity contribution in [2.24, 2.45) is 4.99 Å². The number of nitrogens with zero attached hydrogens (tertiary/aromatic N) is 4. The molecule has 4 aromatic rings. The Kier molecular flexibility index (Phi) is 5.45. The van der Waals surface area contributed by atoms with Crippen LogP contribution in [0.1, 0.15) is 29.4 Å². The van der Waals surface area contributed by atoms with Gasteiger partial charge in [-0.25, -0.2) is 4.98 Å². The van der Waals surface area contributed by atoms with Crippen LogP contribution in [0.15, 0.2) is 64.6 Å². The first kappa shape index (κ1) is 20.2. The van der Waals surface area contributed by atoms with E-state index in [9.17, 15) is 4.79 Å². The van der Waals surface area contributed by atoms with Gasteiger partial charge in [0.2, 0.25) is 0 Å². The maximum atomic E-state index is 13.5. The molecule has 6 heteroatoms. The first-order valence-electron chi connectivity index (χ1n) is 10.00. The van der Waals surface area contributed by atoms with Crippen LogP contribution in [0, 0.1) is 13.8 Å². The normalized spacial score (nSPS) is 11.7. The SMILES string of the molecule is CC=Nc1cccc(/C=C/c2nc3cnccc3c(=O)n2-c2c(C)cccc2C)c1N. The van der Waals surface area contributed by atoms with Crippen molar-refractivity contribution in [3.8, 4) is 5.69 Å². The van der Waals surface area contributed by atoms with Crippen LogP contribution >= 0.6 is 0 Å². The molecule has 4 rings (SSSR count). The molecule has 0 amide bonds. The Hall–Kier alpha value is -4.06. The number of rotatable bonds is 4. The summed E-state index contributed by atoms with van der Waals surface area (Å²) in [5, 5.41) is 0.522. The summed E-state index contributed by atoms with van der Waals surface area (Å²) in [5.41, 5.74) is 11.6. The van der Waals surface area contributed by atoms with Crippen molar-refractivity contribution in [2.45, 2.75) is 20.8 Å². The van der Waals surface area contributed by atoms with Crippen LogP contribution in [0.4, 0.5) is 11.4 Å². The summed E-state index contributed by atoms with van der Waals surface area (Å²) in [6.45, 7) is 5.82. The van der Waals surface area contributed by atoms with E-state index in [4.69, 9.17) is 10.7 Å². The Bertz CT molecular complexity index is 1380. The average Bonchev–Trinajstić information content (AvgIpc) is 2.76. The molecule has 0 aliphatic carbocycles. The third kappa shape index (κ3) is 3.75. The van der Waals surface area contributed by atoms with Crippen molar-refractivity contribution in [1.29, 1.82) is 0 Å². The van der Waals surface area contributed by atoms with Gasteiger partial charge in [0.1, 0.15) is 5.82 Å². The number of fused-ring (bicyclic) bond motifs is 1. The molecule has 2 heterocycles. The van der Waals surface area contributed by atoms with E-state index < -0.39 is 0 Å². The number of hydrogen-bond acceptors (Lipinski definition) is 5. The zero-order valence-corrected chi connectivity index (χ0v) is 17.7. The van der Waals surface area contributed by atoms with Crippen molar-refractivity contribution < 1.29 is 0 Å². The Labute approximate surface area is 180 Å². The van der Waals surface area contributed by atoms with Gasteiger partial charge >= 0.3 is 0 Å². The fourth-order valence-corrected chi connectivity index (χ4v) is 3.67. The zero-order chi connectivity index (χ0) is 22.0. The van der Waals surface area contributed by atoms with Crippen molar-refractivity contribution in [3.63, 3.8) is 0 Å². The topological polar surface area (TPSA) is 86.2 Å². The number of para-hydroxylation sites is 2.